The van der Waals surface area contributed by atoms with Crippen molar-refractivity contribution < 1.29 is 40.5 Å². The van der Waals surface area contributed by atoms with E-state index in [-0.39, 0.29) is 0 Å². The SMILES string of the molecule is COCC(F)(F)F.FCF.FCOF. The lowest BCUT2D eigenvalue weighted by molar-refractivity contribution is -0.167. The van der Waals surface area contributed by atoms with Gasteiger partial charge in [-0.2, -0.15) is 18.1 Å². The van der Waals surface area contributed by atoms with E-state index in [1.54, 1.807) is 0 Å². The quantitative estimate of drug-likeness (QED) is 0.684. The third-order valence-electron chi connectivity index (χ3n) is 0.349. The molecule has 0 aromatic carbocycles. The van der Waals surface area contributed by atoms with Crippen LogP contribution in [0.25, 0.3) is 0 Å². The molecular weight excluding hydrogens is 225 g/mol. The second-order valence-corrected chi connectivity index (χ2v) is 1.37. The minimum atomic E-state index is -4.17. The predicted octanol–water partition coefficient (Wildman–Crippen LogP) is 2.89. The number of halogens is 7. The molecule has 0 rings (SSSR count). The summed E-state index contributed by atoms with van der Waals surface area (Å²) >= 11 is 0. The molecule has 0 aliphatic carbocycles. The third-order valence-corrected chi connectivity index (χ3v) is 0.349. The Morgan fingerprint density at radius 1 is 1.07 bits per heavy atom. The Morgan fingerprint density at radius 2 is 1.36 bits per heavy atom. The van der Waals surface area contributed by atoms with E-state index in [1.807, 2.05) is 0 Å². The van der Waals surface area contributed by atoms with Gasteiger partial charge in [-0.05, 0) is 4.53 Å². The topological polar surface area (TPSA) is 18.5 Å². The first-order valence-electron chi connectivity index (χ1n) is 2.86. The standard InChI is InChI=1S/C3H5F3O.CH2F2O.CH2F2/c1-7-2-3(4,5)6;2-1-4-3;2-1-3/h2H2,1H3;1H2;1H2. The van der Waals surface area contributed by atoms with Gasteiger partial charge in [0, 0.05) is 7.11 Å². The molecule has 0 radical (unpaired) electrons. The van der Waals surface area contributed by atoms with E-state index in [0.29, 0.717) is 0 Å². The van der Waals surface area contributed by atoms with Gasteiger partial charge in [0.25, 0.3) is 0 Å². The number of rotatable bonds is 2. The molecule has 0 aromatic rings. The van der Waals surface area contributed by atoms with Crippen molar-refractivity contribution in [1.29, 1.82) is 0 Å². The molecule has 0 bridgehead atoms. The Bertz CT molecular complexity index is 84.6. The van der Waals surface area contributed by atoms with Gasteiger partial charge >= 0.3 is 6.18 Å². The van der Waals surface area contributed by atoms with E-state index >= 15 is 0 Å². The van der Waals surface area contributed by atoms with Gasteiger partial charge in [-0.15, -0.1) is 0 Å². The molecule has 0 atom stereocenters. The monoisotopic (exact) mass is 234 g/mol. The largest absolute Gasteiger partial charge is 0.411 e. The molecular formula is C5H9F7O2. The maximum atomic E-state index is 10.9. The Kier molecular flexibility index (Phi) is 20.3. The minimum absolute atomic E-state index is 1.01. The second kappa shape index (κ2) is 14.9. The highest BCUT2D eigenvalue weighted by Gasteiger charge is 2.26. The van der Waals surface area contributed by atoms with Crippen LogP contribution in [0.2, 0.25) is 0 Å². The van der Waals surface area contributed by atoms with Crippen LogP contribution in [0.1, 0.15) is 0 Å². The van der Waals surface area contributed by atoms with Gasteiger partial charge in [0.2, 0.25) is 13.8 Å². The van der Waals surface area contributed by atoms with Crippen molar-refractivity contribution in [2.24, 2.45) is 0 Å². The highest BCUT2D eigenvalue weighted by atomic mass is 19.4. The Labute approximate surface area is 75.5 Å². The summed E-state index contributed by atoms with van der Waals surface area (Å²) < 4.78 is 75.8. The minimum Gasteiger partial charge on any atom is -0.375 e. The summed E-state index contributed by atoms with van der Waals surface area (Å²) in [5.41, 5.74) is 0. The van der Waals surface area contributed by atoms with Gasteiger partial charge in [0.05, 0.1) is 0 Å². The maximum Gasteiger partial charge on any atom is 0.411 e. The van der Waals surface area contributed by atoms with Crippen molar-refractivity contribution in [2.45, 2.75) is 6.18 Å². The number of hydrogen-bond donors (Lipinski definition) is 0. The van der Waals surface area contributed by atoms with Crippen LogP contribution in [0.5, 0.6) is 0 Å². The lowest BCUT2D eigenvalue weighted by atomic mass is 10.7. The van der Waals surface area contributed by atoms with Crippen LogP contribution < -0.4 is 0 Å². The lowest BCUT2D eigenvalue weighted by Crippen LogP contribution is -2.14. The summed E-state index contributed by atoms with van der Waals surface area (Å²) in [7, 11) is 1.01. The Balaban J connectivity index is -0.000000147. The average Bonchev–Trinajstić information content (AvgIpc) is 2.04. The van der Waals surface area contributed by atoms with Crippen molar-refractivity contribution in [1.82, 2.24) is 0 Å². The van der Waals surface area contributed by atoms with Crippen LogP contribution in [0, 0.1) is 0 Å². The van der Waals surface area contributed by atoms with E-state index in [4.69, 9.17) is 0 Å². The van der Waals surface area contributed by atoms with Crippen molar-refractivity contribution in [3.8, 4) is 0 Å². The number of ether oxygens (including phenoxy) is 1. The van der Waals surface area contributed by atoms with Crippen molar-refractivity contribution in [3.63, 3.8) is 0 Å². The molecule has 0 saturated heterocycles. The first-order chi connectivity index (χ1) is 6.39. The van der Waals surface area contributed by atoms with Crippen molar-refractivity contribution >= 4 is 0 Å². The summed E-state index contributed by atoms with van der Waals surface area (Å²) in [5.74, 6) is 0. The van der Waals surface area contributed by atoms with E-state index < -0.39 is 26.6 Å². The lowest BCUT2D eigenvalue weighted by Gasteiger charge is -2.01. The molecule has 0 heterocycles. The molecule has 0 unspecified atom stereocenters. The summed E-state index contributed by atoms with van der Waals surface area (Å²) in [4.78, 5) is 2.38. The molecule has 0 aromatic heterocycles. The van der Waals surface area contributed by atoms with Gasteiger partial charge in [-0.25, -0.2) is 13.2 Å². The first kappa shape index (κ1) is 19.1. The fourth-order valence-electron chi connectivity index (χ4n) is 0.164. The van der Waals surface area contributed by atoms with Crippen LogP contribution in [-0.2, 0) is 9.68 Å². The van der Waals surface area contributed by atoms with Gasteiger partial charge < -0.3 is 4.74 Å². The van der Waals surface area contributed by atoms with Gasteiger partial charge in [-0.1, -0.05) is 0 Å². The summed E-state index contributed by atoms with van der Waals surface area (Å²) in [6, 6.07) is 0. The summed E-state index contributed by atoms with van der Waals surface area (Å²) in [5, 5.41) is 0. The molecule has 2 nitrogen and oxygen atoms in total. The fourth-order valence-corrected chi connectivity index (χ4v) is 0.164. The van der Waals surface area contributed by atoms with E-state index in [9.17, 15) is 30.9 Å². The molecule has 0 fully saturated rings. The Morgan fingerprint density at radius 3 is 1.36 bits per heavy atom. The fraction of sp³-hybridized carbons (Fsp3) is 1.00. The van der Waals surface area contributed by atoms with Gasteiger partial charge in [-0.3, -0.25) is 0 Å². The summed E-state index contributed by atoms with van der Waals surface area (Å²) in [6.45, 7) is -4.26. The molecule has 90 valence electrons. The Hall–Kier alpha value is -0.570. The second-order valence-electron chi connectivity index (χ2n) is 1.37. The predicted molar refractivity (Wildman–Crippen MR) is 33.2 cm³/mol. The maximum absolute atomic E-state index is 10.9. The van der Waals surface area contributed by atoms with E-state index in [0.717, 1.165) is 7.11 Å². The average molecular weight is 234 g/mol. The van der Waals surface area contributed by atoms with Crippen LogP contribution in [-0.4, -0.2) is 33.7 Å². The van der Waals surface area contributed by atoms with Crippen molar-refractivity contribution in [3.05, 3.63) is 0 Å². The zero-order chi connectivity index (χ0) is 12.0. The molecule has 0 aliphatic heterocycles. The molecule has 0 aliphatic rings. The molecule has 9 heteroatoms. The van der Waals surface area contributed by atoms with Crippen LogP contribution in [0.15, 0.2) is 0 Å². The zero-order valence-corrected chi connectivity index (χ0v) is 7.08. The van der Waals surface area contributed by atoms with Gasteiger partial charge in [0.1, 0.15) is 6.61 Å². The normalized spacial score (nSPS) is 9.43. The number of methoxy groups -OCH3 is 1. The number of alkyl halides is 6. The molecule has 0 spiro atoms. The molecule has 0 amide bonds. The van der Waals surface area contributed by atoms with Crippen molar-refractivity contribution in [2.75, 3.05) is 27.5 Å². The molecule has 0 N–H and O–H groups in total. The van der Waals surface area contributed by atoms with E-state index in [2.05, 4.69) is 9.68 Å². The van der Waals surface area contributed by atoms with Crippen LogP contribution in [0.4, 0.5) is 30.9 Å². The smallest absolute Gasteiger partial charge is 0.375 e. The van der Waals surface area contributed by atoms with E-state index in [1.165, 1.54) is 0 Å². The molecule has 0 saturated carbocycles. The van der Waals surface area contributed by atoms with Crippen LogP contribution in [0.3, 0.4) is 0 Å². The third kappa shape index (κ3) is 63.4. The first-order valence-corrected chi connectivity index (χ1v) is 2.86. The van der Waals surface area contributed by atoms with Crippen LogP contribution >= 0.6 is 0 Å². The van der Waals surface area contributed by atoms with Gasteiger partial charge in [0.15, 0.2) is 0 Å². The highest BCUT2D eigenvalue weighted by Crippen LogP contribution is 2.13. The highest BCUT2D eigenvalue weighted by molar-refractivity contribution is 4.41. The summed E-state index contributed by atoms with van der Waals surface area (Å²) in [6.07, 6.45) is -4.17. The zero-order valence-electron chi connectivity index (χ0n) is 7.08. The molecule has 14 heavy (non-hydrogen) atoms. The number of hydrogen-bond acceptors (Lipinski definition) is 2.